The van der Waals surface area contributed by atoms with Crippen LogP contribution in [0.4, 0.5) is 4.39 Å². The molecule has 0 aromatic heterocycles. The Labute approximate surface area is 127 Å². The van der Waals surface area contributed by atoms with Gasteiger partial charge < -0.3 is 0 Å². The van der Waals surface area contributed by atoms with E-state index < -0.39 is 0 Å². The molecule has 1 aromatic carbocycles. The second kappa shape index (κ2) is 7.64. The number of halogens is 3. The van der Waals surface area contributed by atoms with Crippen LogP contribution in [0.5, 0.6) is 0 Å². The molecule has 0 fully saturated rings. The van der Waals surface area contributed by atoms with Crippen molar-refractivity contribution in [1.82, 2.24) is 0 Å². The first kappa shape index (κ1) is 16.2. The monoisotopic (exact) mass is 378 g/mol. The fraction of sp³-hybridized carbons (Fsp3) is 0.600. The van der Waals surface area contributed by atoms with E-state index in [1.807, 2.05) is 12.1 Å². The van der Waals surface area contributed by atoms with Crippen molar-refractivity contribution in [3.8, 4) is 0 Å². The Morgan fingerprint density at radius 1 is 1.11 bits per heavy atom. The summed E-state index contributed by atoms with van der Waals surface area (Å²) in [6.45, 7) is 4.50. The summed E-state index contributed by atoms with van der Waals surface area (Å²) in [6.07, 6.45) is 3.56. The summed E-state index contributed by atoms with van der Waals surface area (Å²) in [5.74, 6) is 0.570. The molecule has 0 heterocycles. The average molecular weight is 380 g/mol. The van der Waals surface area contributed by atoms with E-state index in [1.165, 1.54) is 18.4 Å². The molecule has 3 heteroatoms. The molecule has 0 aliphatic carbocycles. The zero-order valence-electron chi connectivity index (χ0n) is 11.1. The van der Waals surface area contributed by atoms with Gasteiger partial charge in [-0.25, -0.2) is 4.39 Å². The summed E-state index contributed by atoms with van der Waals surface area (Å²) in [5.41, 5.74) is 1.28. The third-order valence-corrected chi connectivity index (χ3v) is 5.55. The highest BCUT2D eigenvalue weighted by Gasteiger charge is 2.29. The van der Waals surface area contributed by atoms with Crippen LogP contribution in [0.25, 0.3) is 0 Å². The summed E-state index contributed by atoms with van der Waals surface area (Å²) in [7, 11) is 0. The first-order valence-electron chi connectivity index (χ1n) is 6.42. The average Bonchev–Trinajstić information content (AvgIpc) is 2.36. The minimum atomic E-state index is -0.168. The van der Waals surface area contributed by atoms with Gasteiger partial charge in [-0.05, 0) is 30.0 Å². The van der Waals surface area contributed by atoms with Crippen molar-refractivity contribution in [1.29, 1.82) is 0 Å². The Morgan fingerprint density at radius 2 is 1.67 bits per heavy atom. The highest BCUT2D eigenvalue weighted by atomic mass is 79.9. The third-order valence-electron chi connectivity index (χ3n) is 3.40. The van der Waals surface area contributed by atoms with Crippen molar-refractivity contribution in [3.63, 3.8) is 0 Å². The van der Waals surface area contributed by atoms with E-state index in [0.717, 1.165) is 23.0 Å². The maximum atomic E-state index is 13.0. The zero-order chi connectivity index (χ0) is 13.6. The maximum Gasteiger partial charge on any atom is 0.123 e. The normalized spacial score (nSPS) is 12.1. The number of rotatable bonds is 7. The van der Waals surface area contributed by atoms with Crippen LogP contribution in [0.15, 0.2) is 24.3 Å². The van der Waals surface area contributed by atoms with E-state index in [2.05, 4.69) is 45.7 Å². The molecule has 0 N–H and O–H groups in total. The number of alkyl halides is 2. The molecule has 0 amide bonds. The lowest BCUT2D eigenvalue weighted by Crippen LogP contribution is -2.30. The van der Waals surface area contributed by atoms with Gasteiger partial charge in [0, 0.05) is 16.1 Å². The molecule has 1 rings (SSSR count). The van der Waals surface area contributed by atoms with Crippen molar-refractivity contribution < 1.29 is 4.39 Å². The molecule has 0 radical (unpaired) electrons. The van der Waals surface area contributed by atoms with E-state index in [-0.39, 0.29) is 11.2 Å². The minimum absolute atomic E-state index is 0.0720. The van der Waals surface area contributed by atoms with Crippen LogP contribution in [0.2, 0.25) is 0 Å². The highest BCUT2D eigenvalue weighted by molar-refractivity contribution is 9.09. The molecule has 1 aromatic rings. The lowest BCUT2D eigenvalue weighted by Gasteiger charge is -2.31. The summed E-state index contributed by atoms with van der Waals surface area (Å²) in [6, 6.07) is 6.93. The van der Waals surface area contributed by atoms with Crippen molar-refractivity contribution >= 4 is 31.9 Å². The lowest BCUT2D eigenvalue weighted by atomic mass is 9.79. The molecule has 0 bridgehead atoms. The summed E-state index contributed by atoms with van der Waals surface area (Å²) >= 11 is 7.26. The van der Waals surface area contributed by atoms with Gasteiger partial charge in [0.05, 0.1) is 0 Å². The molecule has 0 aliphatic rings. The number of hydrogen-bond acceptors (Lipinski definition) is 0. The fourth-order valence-corrected chi connectivity index (χ4v) is 4.26. The van der Waals surface area contributed by atoms with Gasteiger partial charge >= 0.3 is 0 Å². The fourth-order valence-electron chi connectivity index (χ4n) is 2.12. The molecule has 18 heavy (non-hydrogen) atoms. The zero-order valence-corrected chi connectivity index (χ0v) is 14.2. The Hall–Kier alpha value is 0.110. The second-order valence-electron chi connectivity index (χ2n) is 5.34. The van der Waals surface area contributed by atoms with Gasteiger partial charge in [0.1, 0.15) is 5.82 Å². The first-order chi connectivity index (χ1) is 8.54. The molecular formula is C15H21Br2F. The second-order valence-corrected chi connectivity index (χ2v) is 6.46. The van der Waals surface area contributed by atoms with Gasteiger partial charge in [0.25, 0.3) is 0 Å². The van der Waals surface area contributed by atoms with E-state index in [9.17, 15) is 4.39 Å². The van der Waals surface area contributed by atoms with E-state index in [0.29, 0.717) is 0 Å². The predicted octanol–water partition coefficient (Wildman–Crippen LogP) is 5.68. The van der Waals surface area contributed by atoms with Gasteiger partial charge in [0.15, 0.2) is 0 Å². The Morgan fingerprint density at radius 3 is 2.11 bits per heavy atom. The minimum Gasteiger partial charge on any atom is -0.207 e. The molecule has 0 spiro atoms. The van der Waals surface area contributed by atoms with E-state index >= 15 is 0 Å². The Kier molecular flexibility index (Phi) is 6.86. The summed E-state index contributed by atoms with van der Waals surface area (Å²) in [5, 5.41) is 1.80. The molecule has 0 saturated heterocycles. The molecule has 0 atom stereocenters. The van der Waals surface area contributed by atoms with Crippen LogP contribution in [0, 0.1) is 11.7 Å². The first-order valence-corrected chi connectivity index (χ1v) is 8.66. The third kappa shape index (κ3) is 4.34. The van der Waals surface area contributed by atoms with Gasteiger partial charge in [-0.2, -0.15) is 0 Å². The largest absolute Gasteiger partial charge is 0.207 e. The topological polar surface area (TPSA) is 0 Å². The van der Waals surface area contributed by atoms with Crippen LogP contribution >= 0.6 is 31.9 Å². The number of benzene rings is 1. The van der Waals surface area contributed by atoms with Crippen LogP contribution in [0.1, 0.15) is 38.7 Å². The smallest absolute Gasteiger partial charge is 0.123 e. The number of hydrogen-bond donors (Lipinski definition) is 0. The Bertz CT molecular complexity index is 342. The van der Waals surface area contributed by atoms with Crippen LogP contribution in [0.3, 0.4) is 0 Å². The van der Waals surface area contributed by atoms with Crippen LogP contribution < -0.4 is 0 Å². The summed E-state index contributed by atoms with van der Waals surface area (Å²) < 4.78 is 13.0. The van der Waals surface area contributed by atoms with Crippen LogP contribution in [-0.2, 0) is 5.41 Å². The van der Waals surface area contributed by atoms with Crippen molar-refractivity contribution in [2.24, 2.45) is 5.92 Å². The SMILES string of the molecule is CC(C)CCCC(CBr)(CBr)c1ccc(F)cc1. The molecule has 102 valence electrons. The van der Waals surface area contributed by atoms with Crippen molar-refractivity contribution in [2.75, 3.05) is 10.7 Å². The quantitative estimate of drug-likeness (QED) is 0.534. The van der Waals surface area contributed by atoms with Gasteiger partial charge in [0.2, 0.25) is 0 Å². The lowest BCUT2D eigenvalue weighted by molar-refractivity contribution is 0.439. The van der Waals surface area contributed by atoms with Crippen LogP contribution in [-0.4, -0.2) is 10.7 Å². The molecule has 0 nitrogen and oxygen atoms in total. The molecule has 0 unspecified atom stereocenters. The predicted molar refractivity (Wildman–Crippen MR) is 84.4 cm³/mol. The highest BCUT2D eigenvalue weighted by Crippen LogP contribution is 2.34. The van der Waals surface area contributed by atoms with E-state index in [1.54, 1.807) is 12.1 Å². The molecule has 0 saturated carbocycles. The Balaban J connectivity index is 2.81. The molecular weight excluding hydrogens is 359 g/mol. The van der Waals surface area contributed by atoms with Gasteiger partial charge in [-0.15, -0.1) is 0 Å². The summed E-state index contributed by atoms with van der Waals surface area (Å²) in [4.78, 5) is 0. The maximum absolute atomic E-state index is 13.0. The van der Waals surface area contributed by atoms with Gasteiger partial charge in [-0.1, -0.05) is 70.7 Å². The standard InChI is InChI=1S/C15H21Br2F/c1-12(2)4-3-9-15(10-16,11-17)13-5-7-14(18)8-6-13/h5-8,12H,3-4,9-11H2,1-2H3. The van der Waals surface area contributed by atoms with Crippen molar-refractivity contribution in [2.45, 2.75) is 38.5 Å². The molecule has 0 aliphatic heterocycles. The van der Waals surface area contributed by atoms with E-state index in [4.69, 9.17) is 0 Å². The van der Waals surface area contributed by atoms with Crippen molar-refractivity contribution in [3.05, 3.63) is 35.6 Å². The van der Waals surface area contributed by atoms with Gasteiger partial charge in [-0.3, -0.25) is 0 Å².